The molecule has 2 aromatic heterocycles. The number of carbonyl (C=O) groups excluding carboxylic acids is 1. The van der Waals surface area contributed by atoms with Crippen LogP contribution in [0.1, 0.15) is 50.8 Å². The molecule has 0 unspecified atom stereocenters. The molecule has 2 aromatic rings. The van der Waals surface area contributed by atoms with Gasteiger partial charge in [-0.05, 0) is 68.6 Å². The molecule has 0 radical (unpaired) electrons. The van der Waals surface area contributed by atoms with E-state index in [0.29, 0.717) is 11.3 Å². The predicted molar refractivity (Wildman–Crippen MR) is 118 cm³/mol. The van der Waals surface area contributed by atoms with Crippen LogP contribution in [0.3, 0.4) is 0 Å². The summed E-state index contributed by atoms with van der Waals surface area (Å²) in [4.78, 5) is 31.0. The molecule has 0 N–H and O–H groups in total. The smallest absolute Gasteiger partial charge is 0.223 e. The summed E-state index contributed by atoms with van der Waals surface area (Å²) in [6.07, 6.45) is 14.4. The number of imidazole rings is 1. The summed E-state index contributed by atoms with van der Waals surface area (Å²) < 4.78 is 1.91. The Kier molecular flexibility index (Phi) is 4.54. The average molecular weight is 421 g/mol. The van der Waals surface area contributed by atoms with Gasteiger partial charge in [0.2, 0.25) is 5.91 Å². The Morgan fingerprint density at radius 2 is 1.65 bits per heavy atom. The molecule has 4 bridgehead atoms. The van der Waals surface area contributed by atoms with E-state index in [0.717, 1.165) is 67.8 Å². The molecule has 5 fully saturated rings. The van der Waals surface area contributed by atoms with Crippen LogP contribution in [0.25, 0.3) is 5.82 Å². The molecule has 7 nitrogen and oxygen atoms in total. The SMILES string of the molecule is Cc1nc(N2CCN(C(=O)CC34CC5CC(CC(C5)C3)C4)CC2)cc(-n2ccnc2)n1. The van der Waals surface area contributed by atoms with Crippen LogP contribution in [-0.4, -0.2) is 56.5 Å². The normalized spacial score (nSPS) is 32.0. The lowest BCUT2D eigenvalue weighted by Gasteiger charge is -2.57. The molecule has 0 spiro atoms. The van der Waals surface area contributed by atoms with Gasteiger partial charge in [0.15, 0.2) is 0 Å². The van der Waals surface area contributed by atoms with Gasteiger partial charge in [0.1, 0.15) is 23.8 Å². The molecule has 1 amide bonds. The minimum absolute atomic E-state index is 0.326. The molecule has 164 valence electrons. The van der Waals surface area contributed by atoms with Gasteiger partial charge in [-0.15, -0.1) is 0 Å². The van der Waals surface area contributed by atoms with Gasteiger partial charge in [-0.2, -0.15) is 0 Å². The number of hydrogen-bond donors (Lipinski definition) is 0. The fourth-order valence-electron chi connectivity index (χ4n) is 7.35. The molecule has 0 atom stereocenters. The average Bonchev–Trinajstić information content (AvgIpc) is 3.27. The van der Waals surface area contributed by atoms with Crippen LogP contribution in [0.2, 0.25) is 0 Å². The highest BCUT2D eigenvalue weighted by molar-refractivity contribution is 5.77. The number of piperazine rings is 1. The Bertz CT molecular complexity index is 927. The van der Waals surface area contributed by atoms with E-state index in [1.807, 2.05) is 23.8 Å². The molecule has 3 heterocycles. The minimum atomic E-state index is 0.326. The summed E-state index contributed by atoms with van der Waals surface area (Å²) in [6.45, 7) is 5.15. The van der Waals surface area contributed by atoms with Gasteiger partial charge in [0.05, 0.1) is 0 Å². The van der Waals surface area contributed by atoms with E-state index in [1.165, 1.54) is 38.5 Å². The Hall–Kier alpha value is -2.44. The van der Waals surface area contributed by atoms with Crippen molar-refractivity contribution >= 4 is 11.7 Å². The minimum Gasteiger partial charge on any atom is -0.353 e. The molecule has 0 aromatic carbocycles. The lowest BCUT2D eigenvalue weighted by molar-refractivity contribution is -0.139. The second-order valence-electron chi connectivity index (χ2n) is 10.6. The number of aromatic nitrogens is 4. The van der Waals surface area contributed by atoms with Crippen LogP contribution in [0.15, 0.2) is 24.8 Å². The molecule has 7 heteroatoms. The van der Waals surface area contributed by atoms with E-state index in [9.17, 15) is 4.79 Å². The van der Waals surface area contributed by atoms with Crippen LogP contribution in [0.5, 0.6) is 0 Å². The first kappa shape index (κ1) is 19.3. The van der Waals surface area contributed by atoms with Crippen molar-refractivity contribution in [3.05, 3.63) is 30.6 Å². The first-order valence-corrected chi connectivity index (χ1v) is 11.9. The number of anilines is 1. The number of nitrogens with zero attached hydrogens (tertiary/aromatic N) is 6. The number of rotatable bonds is 4. The maximum absolute atomic E-state index is 13.3. The summed E-state index contributed by atoms with van der Waals surface area (Å²) in [7, 11) is 0. The van der Waals surface area contributed by atoms with Gasteiger partial charge in [-0.25, -0.2) is 15.0 Å². The van der Waals surface area contributed by atoms with Crippen molar-refractivity contribution in [2.75, 3.05) is 31.1 Å². The van der Waals surface area contributed by atoms with Crippen molar-refractivity contribution in [1.82, 2.24) is 24.4 Å². The molecular formula is C24H32N6O. The van der Waals surface area contributed by atoms with E-state index < -0.39 is 0 Å². The number of aryl methyl sites for hydroxylation is 1. The zero-order chi connectivity index (χ0) is 21.0. The monoisotopic (exact) mass is 420 g/mol. The molecule has 4 saturated carbocycles. The van der Waals surface area contributed by atoms with E-state index in [4.69, 9.17) is 0 Å². The van der Waals surface area contributed by atoms with Crippen molar-refractivity contribution in [3.63, 3.8) is 0 Å². The molecule has 1 saturated heterocycles. The molecular weight excluding hydrogens is 388 g/mol. The van der Waals surface area contributed by atoms with Crippen molar-refractivity contribution in [1.29, 1.82) is 0 Å². The quantitative estimate of drug-likeness (QED) is 0.760. The van der Waals surface area contributed by atoms with E-state index >= 15 is 0 Å². The fraction of sp³-hybridized carbons (Fsp3) is 0.667. The number of amides is 1. The third-order valence-corrected chi connectivity index (χ3v) is 8.23. The number of hydrogen-bond acceptors (Lipinski definition) is 5. The Morgan fingerprint density at radius 1 is 1.00 bits per heavy atom. The van der Waals surface area contributed by atoms with Crippen LogP contribution in [0.4, 0.5) is 5.82 Å². The molecule has 5 aliphatic rings. The second-order valence-corrected chi connectivity index (χ2v) is 10.6. The first-order chi connectivity index (χ1) is 15.1. The number of carbonyl (C=O) groups is 1. The van der Waals surface area contributed by atoms with Gasteiger partial charge in [0.25, 0.3) is 0 Å². The summed E-state index contributed by atoms with van der Waals surface area (Å²) in [5.74, 6) is 5.62. The maximum atomic E-state index is 13.3. The first-order valence-electron chi connectivity index (χ1n) is 11.9. The predicted octanol–water partition coefficient (Wildman–Crippen LogP) is 3.23. The van der Waals surface area contributed by atoms with E-state index in [2.05, 4.69) is 24.8 Å². The van der Waals surface area contributed by atoms with Crippen molar-refractivity contribution in [3.8, 4) is 5.82 Å². The lowest BCUT2D eigenvalue weighted by atomic mass is 9.49. The van der Waals surface area contributed by atoms with Crippen LogP contribution < -0.4 is 4.90 Å². The second kappa shape index (κ2) is 7.31. The molecule has 4 aliphatic carbocycles. The van der Waals surface area contributed by atoms with Gasteiger partial charge in [-0.1, -0.05) is 0 Å². The zero-order valence-electron chi connectivity index (χ0n) is 18.4. The molecule has 31 heavy (non-hydrogen) atoms. The van der Waals surface area contributed by atoms with Crippen LogP contribution >= 0.6 is 0 Å². The van der Waals surface area contributed by atoms with Gasteiger partial charge < -0.3 is 9.80 Å². The van der Waals surface area contributed by atoms with Gasteiger partial charge in [-0.3, -0.25) is 9.36 Å². The van der Waals surface area contributed by atoms with Gasteiger partial charge >= 0.3 is 0 Å². The summed E-state index contributed by atoms with van der Waals surface area (Å²) >= 11 is 0. The maximum Gasteiger partial charge on any atom is 0.223 e. The molecule has 7 rings (SSSR count). The van der Waals surface area contributed by atoms with E-state index in [1.54, 1.807) is 12.5 Å². The third-order valence-electron chi connectivity index (χ3n) is 8.23. The molecule has 1 aliphatic heterocycles. The topological polar surface area (TPSA) is 67.2 Å². The summed E-state index contributed by atoms with van der Waals surface area (Å²) in [5, 5.41) is 0. The fourth-order valence-corrected chi connectivity index (χ4v) is 7.35. The largest absolute Gasteiger partial charge is 0.353 e. The Morgan fingerprint density at radius 3 is 2.26 bits per heavy atom. The Labute approximate surface area is 183 Å². The Balaban J connectivity index is 1.10. The van der Waals surface area contributed by atoms with Crippen LogP contribution in [-0.2, 0) is 4.79 Å². The van der Waals surface area contributed by atoms with Gasteiger partial charge in [0, 0.05) is 51.1 Å². The van der Waals surface area contributed by atoms with Crippen molar-refractivity contribution in [2.24, 2.45) is 23.2 Å². The highest BCUT2D eigenvalue weighted by Gasteiger charge is 2.51. The van der Waals surface area contributed by atoms with Crippen molar-refractivity contribution < 1.29 is 4.79 Å². The zero-order valence-corrected chi connectivity index (χ0v) is 18.4. The van der Waals surface area contributed by atoms with E-state index in [-0.39, 0.29) is 0 Å². The lowest BCUT2D eigenvalue weighted by Crippen LogP contribution is -2.52. The summed E-state index contributed by atoms with van der Waals surface area (Å²) in [6, 6.07) is 2.02. The highest BCUT2D eigenvalue weighted by Crippen LogP contribution is 2.61. The van der Waals surface area contributed by atoms with Crippen molar-refractivity contribution in [2.45, 2.75) is 51.9 Å². The third kappa shape index (κ3) is 3.62. The highest BCUT2D eigenvalue weighted by atomic mass is 16.2. The standard InChI is InChI=1S/C24H32N6O/c1-17-26-21(11-22(27-17)30-3-2-25-16-30)28-4-6-29(7-5-28)23(31)15-24-12-18-8-19(13-24)10-20(9-18)14-24/h2-3,11,16,18-20H,4-10,12-15H2,1H3. The van der Waals surface area contributed by atoms with Crippen LogP contribution in [0, 0.1) is 30.1 Å². The summed E-state index contributed by atoms with van der Waals surface area (Å²) in [5.41, 5.74) is 0.326.